The Labute approximate surface area is 84.7 Å². The van der Waals surface area contributed by atoms with E-state index in [0.29, 0.717) is 18.3 Å². The predicted molar refractivity (Wildman–Crippen MR) is 53.7 cm³/mol. The average molecular weight is 196 g/mol. The number of hydrogen-bond donors (Lipinski definition) is 2. The Hall–Kier alpha value is -0.0951. The van der Waals surface area contributed by atoms with Crippen LogP contribution in [-0.2, 0) is 9.69 Å². The molecule has 5 heteroatoms. The predicted octanol–water partition coefficient (Wildman–Crippen LogP) is 0.730. The Morgan fingerprint density at radius 1 is 1.36 bits per heavy atom. The van der Waals surface area contributed by atoms with Crippen molar-refractivity contribution >= 4 is 6.92 Å². The molecule has 0 aromatic carbocycles. The maximum atomic E-state index is 5.36. The topological polar surface area (TPSA) is 42.5 Å². The standard InChI is InChI=1S/C9H17BN2O2/c1-2-8(10-5-7-13-14-10)9(3-1)4-6-11-12-9/h8,11-12H,1-7H2. The van der Waals surface area contributed by atoms with Crippen LogP contribution < -0.4 is 10.9 Å². The van der Waals surface area contributed by atoms with Gasteiger partial charge < -0.3 is 4.81 Å². The molecule has 2 N–H and O–H groups in total. The van der Waals surface area contributed by atoms with Gasteiger partial charge in [-0.1, -0.05) is 12.8 Å². The third-order valence-electron chi connectivity index (χ3n) is 4.01. The number of hydrogen-bond acceptors (Lipinski definition) is 4. The monoisotopic (exact) mass is 196 g/mol. The molecular weight excluding hydrogens is 179 g/mol. The molecular formula is C9H17BN2O2. The second-order valence-corrected chi connectivity index (χ2v) is 4.70. The molecule has 0 amide bonds. The number of hydrazine groups is 1. The van der Waals surface area contributed by atoms with Crippen LogP contribution in [0, 0.1) is 0 Å². The quantitative estimate of drug-likeness (QED) is 0.479. The summed E-state index contributed by atoms with van der Waals surface area (Å²) < 4.78 is 0. The van der Waals surface area contributed by atoms with Gasteiger partial charge >= 0.3 is 6.92 Å². The average Bonchev–Trinajstić information content (AvgIpc) is 2.91. The van der Waals surface area contributed by atoms with Gasteiger partial charge in [-0.15, -0.1) is 0 Å². The molecule has 1 aliphatic carbocycles. The summed E-state index contributed by atoms with van der Waals surface area (Å²) >= 11 is 0. The van der Waals surface area contributed by atoms with Gasteiger partial charge in [-0.3, -0.25) is 15.7 Å². The molecule has 78 valence electrons. The molecule has 0 aromatic rings. The Bertz CT molecular complexity index is 209. The Kier molecular flexibility index (Phi) is 2.28. The minimum Gasteiger partial charge on any atom is -0.304 e. The van der Waals surface area contributed by atoms with Gasteiger partial charge in [0.05, 0.1) is 6.61 Å². The highest BCUT2D eigenvalue weighted by Crippen LogP contribution is 2.47. The minimum atomic E-state index is 0.304. The molecule has 3 rings (SSSR count). The van der Waals surface area contributed by atoms with E-state index in [2.05, 4.69) is 10.9 Å². The molecule has 0 aromatic heterocycles. The van der Waals surface area contributed by atoms with Gasteiger partial charge in [0.1, 0.15) is 0 Å². The molecule has 3 fully saturated rings. The van der Waals surface area contributed by atoms with E-state index in [-0.39, 0.29) is 0 Å². The van der Waals surface area contributed by atoms with Crippen LogP contribution in [0.5, 0.6) is 0 Å². The lowest BCUT2D eigenvalue weighted by molar-refractivity contribution is -0.187. The van der Waals surface area contributed by atoms with Crippen molar-refractivity contribution in [1.29, 1.82) is 0 Å². The molecule has 0 bridgehead atoms. The van der Waals surface area contributed by atoms with Gasteiger partial charge in [0, 0.05) is 12.1 Å². The first-order valence-corrected chi connectivity index (χ1v) is 5.69. The lowest BCUT2D eigenvalue weighted by atomic mass is 9.49. The zero-order valence-electron chi connectivity index (χ0n) is 8.42. The summed E-state index contributed by atoms with van der Waals surface area (Å²) in [6.45, 7) is 2.18. The van der Waals surface area contributed by atoms with E-state index in [4.69, 9.17) is 9.69 Å². The summed E-state index contributed by atoms with van der Waals surface area (Å²) in [6, 6.07) is 0. The van der Waals surface area contributed by atoms with E-state index in [1.807, 2.05) is 0 Å². The molecule has 0 radical (unpaired) electrons. The fourth-order valence-electron chi connectivity index (χ4n) is 3.31. The first-order chi connectivity index (χ1) is 6.91. The van der Waals surface area contributed by atoms with Gasteiger partial charge in [-0.05, 0) is 25.0 Å². The summed E-state index contributed by atoms with van der Waals surface area (Å²) in [4.78, 5) is 10.4. The molecule has 2 unspecified atom stereocenters. The van der Waals surface area contributed by atoms with E-state index < -0.39 is 0 Å². The van der Waals surface area contributed by atoms with Crippen molar-refractivity contribution in [3.8, 4) is 0 Å². The van der Waals surface area contributed by atoms with Crippen molar-refractivity contribution in [3.63, 3.8) is 0 Å². The highest BCUT2D eigenvalue weighted by molar-refractivity contribution is 6.54. The minimum absolute atomic E-state index is 0.304. The molecule has 14 heavy (non-hydrogen) atoms. The molecule has 1 saturated carbocycles. The molecule has 2 atom stereocenters. The van der Waals surface area contributed by atoms with Crippen molar-refractivity contribution in [2.75, 3.05) is 13.2 Å². The van der Waals surface area contributed by atoms with Crippen molar-refractivity contribution < 1.29 is 9.69 Å². The number of rotatable bonds is 1. The summed E-state index contributed by atoms with van der Waals surface area (Å²) in [5, 5.41) is 0. The molecule has 4 nitrogen and oxygen atoms in total. The largest absolute Gasteiger partial charge is 0.347 e. The second-order valence-electron chi connectivity index (χ2n) is 4.70. The van der Waals surface area contributed by atoms with Gasteiger partial charge in [0.15, 0.2) is 0 Å². The molecule has 2 heterocycles. The maximum Gasteiger partial charge on any atom is 0.347 e. The number of nitrogens with one attached hydrogen (secondary N) is 2. The fraction of sp³-hybridized carbons (Fsp3) is 1.00. The lowest BCUT2D eigenvalue weighted by Crippen LogP contribution is -2.48. The van der Waals surface area contributed by atoms with Gasteiger partial charge in [-0.25, -0.2) is 0 Å². The fourth-order valence-corrected chi connectivity index (χ4v) is 3.31. The van der Waals surface area contributed by atoms with Crippen molar-refractivity contribution in [1.82, 2.24) is 10.9 Å². The van der Waals surface area contributed by atoms with Crippen molar-refractivity contribution in [2.24, 2.45) is 0 Å². The van der Waals surface area contributed by atoms with E-state index >= 15 is 0 Å². The molecule has 3 aliphatic rings. The van der Waals surface area contributed by atoms with E-state index in [0.717, 1.165) is 19.5 Å². The molecule has 1 spiro atoms. The Morgan fingerprint density at radius 2 is 2.36 bits per heavy atom. The first-order valence-electron chi connectivity index (χ1n) is 5.69. The van der Waals surface area contributed by atoms with E-state index in [1.54, 1.807) is 0 Å². The second kappa shape index (κ2) is 3.49. The van der Waals surface area contributed by atoms with Crippen LogP contribution in [0.4, 0.5) is 0 Å². The Balaban J connectivity index is 1.76. The highest BCUT2D eigenvalue weighted by Gasteiger charge is 2.51. The molecule has 2 aliphatic heterocycles. The summed E-state index contributed by atoms with van der Waals surface area (Å²) in [6.07, 6.45) is 6.18. The van der Waals surface area contributed by atoms with Crippen LogP contribution >= 0.6 is 0 Å². The SMILES string of the molecule is C1CC(B2CCOO2)C2(C1)CCNN2. The van der Waals surface area contributed by atoms with E-state index in [1.165, 1.54) is 25.7 Å². The maximum absolute atomic E-state index is 5.36. The third-order valence-corrected chi connectivity index (χ3v) is 4.01. The zero-order chi connectivity index (χ0) is 9.43. The van der Waals surface area contributed by atoms with Crippen LogP contribution in [0.1, 0.15) is 25.7 Å². The van der Waals surface area contributed by atoms with E-state index in [9.17, 15) is 0 Å². The summed E-state index contributed by atoms with van der Waals surface area (Å²) in [7, 11) is 0. The first kappa shape index (κ1) is 9.15. The summed E-state index contributed by atoms with van der Waals surface area (Å²) in [5.41, 5.74) is 7.04. The van der Waals surface area contributed by atoms with Gasteiger partial charge in [-0.2, -0.15) is 0 Å². The van der Waals surface area contributed by atoms with Crippen molar-refractivity contribution in [3.05, 3.63) is 0 Å². The normalized spacial score (nSPS) is 42.9. The lowest BCUT2D eigenvalue weighted by Gasteiger charge is -2.31. The van der Waals surface area contributed by atoms with Crippen LogP contribution in [0.15, 0.2) is 0 Å². The van der Waals surface area contributed by atoms with Gasteiger partial charge in [0.2, 0.25) is 0 Å². The van der Waals surface area contributed by atoms with Crippen LogP contribution in [0.3, 0.4) is 0 Å². The highest BCUT2D eigenvalue weighted by atomic mass is 17.2. The molecule has 2 saturated heterocycles. The van der Waals surface area contributed by atoms with Crippen LogP contribution in [-0.4, -0.2) is 25.6 Å². The smallest absolute Gasteiger partial charge is 0.304 e. The third kappa shape index (κ3) is 1.31. The van der Waals surface area contributed by atoms with Crippen LogP contribution in [0.25, 0.3) is 0 Å². The van der Waals surface area contributed by atoms with Crippen molar-refractivity contribution in [2.45, 2.75) is 43.4 Å². The van der Waals surface area contributed by atoms with Gasteiger partial charge in [0.25, 0.3) is 0 Å². The zero-order valence-corrected chi connectivity index (χ0v) is 8.42. The summed E-state index contributed by atoms with van der Waals surface area (Å²) in [5.74, 6) is 0.639. The van der Waals surface area contributed by atoms with Crippen LogP contribution in [0.2, 0.25) is 12.1 Å². The Morgan fingerprint density at radius 3 is 3.07 bits per heavy atom.